The summed E-state index contributed by atoms with van der Waals surface area (Å²) in [7, 11) is 30.5. The van der Waals surface area contributed by atoms with Crippen molar-refractivity contribution in [1.29, 1.82) is 0 Å². The number of quaternary nitrogens is 2. The summed E-state index contributed by atoms with van der Waals surface area (Å²) in [5, 5.41) is 0. The molecule has 0 amide bonds. The molecule has 0 N–H and O–H groups in total. The van der Waals surface area contributed by atoms with Crippen molar-refractivity contribution in [2.24, 2.45) is 0 Å². The van der Waals surface area contributed by atoms with Gasteiger partial charge in [0.25, 0.3) is 0 Å². The van der Waals surface area contributed by atoms with Gasteiger partial charge < -0.3 is 0 Å². The minimum absolute atomic E-state index is 0.0733. The van der Waals surface area contributed by atoms with Gasteiger partial charge in [-0.05, 0) is 0 Å². The van der Waals surface area contributed by atoms with Gasteiger partial charge in [0.1, 0.15) is 0 Å². The maximum absolute atomic E-state index is 8.54. The Hall–Kier alpha value is -2.04. The SMILES string of the molecule is CC1=Cc2c(-c3ccccc3[N+](C)(C)C)cccc2[CH]1[Zr]([Cl])([Cl])([CH]1C(C)=Cc2c(-c3ccccc3[N+](C)(C)C)cccc21)[SiH](C)C. The molecule has 2 aliphatic carbocycles. The summed E-state index contributed by atoms with van der Waals surface area (Å²) < 4.78 is 1.65. The van der Waals surface area contributed by atoms with Gasteiger partial charge in [-0.2, -0.15) is 0 Å². The van der Waals surface area contributed by atoms with Crippen LogP contribution in [0.5, 0.6) is 0 Å². The van der Waals surface area contributed by atoms with Crippen LogP contribution in [0.15, 0.2) is 96.1 Å². The van der Waals surface area contributed by atoms with E-state index in [0.29, 0.717) is 0 Å². The van der Waals surface area contributed by atoms with Crippen LogP contribution in [0.3, 0.4) is 0 Å². The Bertz CT molecular complexity index is 1790. The molecule has 46 heavy (non-hydrogen) atoms. The molecule has 6 heteroatoms. The monoisotopic (exact) mass is 745 g/mol. The van der Waals surface area contributed by atoms with Crippen molar-refractivity contribution in [2.45, 2.75) is 34.2 Å². The number of para-hydroxylation sites is 2. The Morgan fingerprint density at radius 2 is 0.870 bits per heavy atom. The van der Waals surface area contributed by atoms with Gasteiger partial charge in [-0.25, -0.2) is 0 Å². The van der Waals surface area contributed by atoms with E-state index in [1.165, 1.54) is 67.0 Å². The van der Waals surface area contributed by atoms with E-state index < -0.39 is 21.5 Å². The number of hydrogen-bond acceptors (Lipinski definition) is 0. The predicted molar refractivity (Wildman–Crippen MR) is 206 cm³/mol. The van der Waals surface area contributed by atoms with Crippen LogP contribution < -0.4 is 8.97 Å². The molecule has 2 nitrogen and oxygen atoms in total. The summed E-state index contributed by atoms with van der Waals surface area (Å²) in [5.41, 5.74) is 15.6. The average Bonchev–Trinajstić information content (AvgIpc) is 3.52. The molecule has 0 fully saturated rings. The fourth-order valence-electron chi connectivity index (χ4n) is 8.44. The molecule has 2 unspecified atom stereocenters. The van der Waals surface area contributed by atoms with Gasteiger partial charge in [0.15, 0.2) is 0 Å². The number of nitrogens with zero attached hydrogens (tertiary/aromatic N) is 2. The third-order valence-electron chi connectivity index (χ3n) is 10.6. The Kier molecular flexibility index (Phi) is 8.49. The first-order chi connectivity index (χ1) is 21.5. The van der Waals surface area contributed by atoms with E-state index in [-0.39, 0.29) is 7.25 Å². The summed E-state index contributed by atoms with van der Waals surface area (Å²) in [6, 6.07) is 31.3. The van der Waals surface area contributed by atoms with E-state index in [1.807, 2.05) is 0 Å². The van der Waals surface area contributed by atoms with Crippen LogP contribution in [0, 0.1) is 0 Å². The number of benzene rings is 4. The van der Waals surface area contributed by atoms with Crippen LogP contribution in [-0.2, 0) is 15.6 Å². The second kappa shape index (κ2) is 11.5. The molecule has 0 heterocycles. The van der Waals surface area contributed by atoms with E-state index in [9.17, 15) is 0 Å². The zero-order chi connectivity index (χ0) is 33.4. The van der Waals surface area contributed by atoms with Crippen LogP contribution in [0.4, 0.5) is 11.4 Å². The topological polar surface area (TPSA) is 0 Å². The third-order valence-corrected chi connectivity index (χ3v) is 62.9. The van der Waals surface area contributed by atoms with E-state index >= 15 is 0 Å². The maximum atomic E-state index is 8.54. The summed E-state index contributed by atoms with van der Waals surface area (Å²) in [5.74, 6) is -1.62. The molecule has 0 spiro atoms. The fourth-order valence-corrected chi connectivity index (χ4v) is 41.4. The molecule has 6 rings (SSSR count). The normalized spacial score (nSPS) is 18.9. The first kappa shape index (κ1) is 33.8. The van der Waals surface area contributed by atoms with Crippen molar-refractivity contribution in [3.05, 3.63) is 118 Å². The van der Waals surface area contributed by atoms with Gasteiger partial charge in [-0.15, -0.1) is 0 Å². The number of allylic oxidation sites excluding steroid dienone is 2. The second-order valence-electron chi connectivity index (χ2n) is 15.7. The van der Waals surface area contributed by atoms with Crippen LogP contribution in [0.25, 0.3) is 34.4 Å². The molecule has 2 atom stereocenters. The van der Waals surface area contributed by atoms with E-state index in [2.05, 4.69) is 166 Å². The van der Waals surface area contributed by atoms with Gasteiger partial charge >= 0.3 is 288 Å². The van der Waals surface area contributed by atoms with Crippen LogP contribution >= 0.6 is 17.0 Å². The fraction of sp³-hybridized carbons (Fsp3) is 0.300. The molecule has 0 aliphatic heterocycles. The van der Waals surface area contributed by atoms with Crippen molar-refractivity contribution in [1.82, 2.24) is 8.97 Å². The molecule has 0 saturated carbocycles. The zero-order valence-electron chi connectivity index (χ0n) is 29.1. The summed E-state index contributed by atoms with van der Waals surface area (Å²) in [6.07, 6.45) is 4.83. The molecule has 0 bridgehead atoms. The van der Waals surface area contributed by atoms with Gasteiger partial charge in [-0.3, -0.25) is 0 Å². The summed E-state index contributed by atoms with van der Waals surface area (Å²) in [4.78, 5) is 0. The summed E-state index contributed by atoms with van der Waals surface area (Å²) in [6.45, 7) is 9.43. The number of fused-ring (bicyclic) bond motifs is 2. The van der Waals surface area contributed by atoms with E-state index in [4.69, 9.17) is 17.0 Å². The van der Waals surface area contributed by atoms with Crippen molar-refractivity contribution < 1.29 is 15.6 Å². The van der Waals surface area contributed by atoms with Crippen molar-refractivity contribution >= 4 is 46.5 Å². The molecule has 4 aromatic carbocycles. The minimum atomic E-state index is -4.78. The molecule has 4 aromatic rings. The van der Waals surface area contributed by atoms with Gasteiger partial charge in [0.2, 0.25) is 0 Å². The molecule has 0 aromatic heterocycles. The second-order valence-corrected chi connectivity index (χ2v) is 58.2. The number of rotatable bonds is 7. The zero-order valence-corrected chi connectivity index (χ0v) is 34.2. The Balaban J connectivity index is 1.56. The van der Waals surface area contributed by atoms with E-state index in [1.54, 1.807) is 0 Å². The number of halogens is 2. The molecule has 0 saturated heterocycles. The van der Waals surface area contributed by atoms with Crippen LogP contribution in [0.1, 0.15) is 43.4 Å². The molecular formula is C40H49Cl2N2SiZr+2. The predicted octanol–water partition coefficient (Wildman–Crippen LogP) is 11.0. The molecule has 0 radical (unpaired) electrons. The van der Waals surface area contributed by atoms with E-state index in [0.717, 1.165) is 8.97 Å². The van der Waals surface area contributed by atoms with Gasteiger partial charge in [0.05, 0.1) is 0 Å². The van der Waals surface area contributed by atoms with Crippen molar-refractivity contribution in [3.63, 3.8) is 0 Å². The Morgan fingerprint density at radius 1 is 0.522 bits per heavy atom. The average molecular weight is 748 g/mol. The Morgan fingerprint density at radius 3 is 1.22 bits per heavy atom. The van der Waals surface area contributed by atoms with Crippen molar-refractivity contribution in [3.8, 4) is 22.3 Å². The molecule has 2 aliphatic rings. The molecular weight excluding hydrogens is 699 g/mol. The molecule has 239 valence electrons. The van der Waals surface area contributed by atoms with Crippen LogP contribution in [0.2, 0.25) is 13.1 Å². The van der Waals surface area contributed by atoms with Crippen LogP contribution in [-0.4, -0.2) is 48.2 Å². The van der Waals surface area contributed by atoms with Crippen molar-refractivity contribution in [2.75, 3.05) is 42.3 Å². The van der Waals surface area contributed by atoms with Gasteiger partial charge in [0, 0.05) is 0 Å². The number of hydrogen-bond donors (Lipinski definition) is 0. The van der Waals surface area contributed by atoms with Gasteiger partial charge in [-0.1, -0.05) is 0 Å². The summed E-state index contributed by atoms with van der Waals surface area (Å²) >= 11 is -4.78. The standard InChI is InChI=1S/2C19H21N.C2H7Si.2ClH.Zr/c2*1-14-12-15-8-7-10-16(18(15)13-14)17-9-5-6-11-19(17)20(2,3)4;1-3-2;;;/h2*5-13H,1-4H3;3H,1-2H3;2*1H;/q2*+1;;;;+2/p-2. The third kappa shape index (κ3) is 5.24. The Labute approximate surface area is 286 Å². The quantitative estimate of drug-likeness (QED) is 0.130. The first-order valence-electron chi connectivity index (χ1n) is 16.5. The first-order valence-corrected chi connectivity index (χ1v) is 32.8.